The van der Waals surface area contributed by atoms with Gasteiger partial charge >= 0.3 is 12.1 Å². The van der Waals surface area contributed by atoms with Crippen LogP contribution in [0.3, 0.4) is 0 Å². The van der Waals surface area contributed by atoms with Gasteiger partial charge < -0.3 is 9.47 Å². The van der Waals surface area contributed by atoms with Crippen LogP contribution < -0.4 is 4.74 Å². The van der Waals surface area contributed by atoms with Crippen LogP contribution in [-0.4, -0.2) is 17.1 Å². The smallest absolute Gasteiger partial charge is 0.389 e. The van der Waals surface area contributed by atoms with Crippen LogP contribution in [-0.2, 0) is 16.1 Å². The van der Waals surface area contributed by atoms with Crippen molar-refractivity contribution in [2.45, 2.75) is 65.3 Å². The first kappa shape index (κ1) is 25.5. The summed E-state index contributed by atoms with van der Waals surface area (Å²) in [6.45, 7) is 5.48. The highest BCUT2D eigenvalue weighted by atomic mass is 19.4. The minimum Gasteiger partial charge on any atom is -0.487 e. The number of rotatable bonds is 9. The Kier molecular flexibility index (Phi) is 8.18. The molecule has 0 aliphatic carbocycles. The van der Waals surface area contributed by atoms with Gasteiger partial charge in [0.2, 0.25) is 0 Å². The minimum absolute atomic E-state index is 0.0170. The largest absolute Gasteiger partial charge is 0.487 e. The summed E-state index contributed by atoms with van der Waals surface area (Å²) in [5.74, 6) is 0.166. The number of pyridine rings is 1. The van der Waals surface area contributed by atoms with E-state index in [-0.39, 0.29) is 19.4 Å². The van der Waals surface area contributed by atoms with E-state index in [0.717, 1.165) is 16.6 Å². The monoisotopic (exact) mass is 473 g/mol. The van der Waals surface area contributed by atoms with Crippen molar-refractivity contribution in [3.8, 4) is 5.75 Å². The van der Waals surface area contributed by atoms with Crippen LogP contribution in [0.5, 0.6) is 5.75 Å². The third-order valence-corrected chi connectivity index (χ3v) is 5.31. The third kappa shape index (κ3) is 7.75. The van der Waals surface area contributed by atoms with Gasteiger partial charge in [0.25, 0.3) is 0 Å². The first-order chi connectivity index (χ1) is 16.0. The van der Waals surface area contributed by atoms with Gasteiger partial charge in [-0.3, -0.25) is 4.79 Å². The molecule has 34 heavy (non-hydrogen) atoms. The number of nitrogens with zero attached hydrogens (tertiary/aromatic N) is 1. The van der Waals surface area contributed by atoms with E-state index in [4.69, 9.17) is 9.47 Å². The molecule has 4 nitrogen and oxygen atoms in total. The molecule has 2 aromatic carbocycles. The van der Waals surface area contributed by atoms with E-state index in [1.807, 2.05) is 36.4 Å². The Hall–Kier alpha value is -3.09. The van der Waals surface area contributed by atoms with Crippen LogP contribution in [0, 0.1) is 5.41 Å². The van der Waals surface area contributed by atoms with E-state index in [1.54, 1.807) is 45.0 Å². The molecule has 3 aromatic rings. The molecule has 1 heterocycles. The van der Waals surface area contributed by atoms with Crippen molar-refractivity contribution in [3.05, 3.63) is 71.9 Å². The van der Waals surface area contributed by atoms with E-state index in [2.05, 4.69) is 4.98 Å². The van der Waals surface area contributed by atoms with Gasteiger partial charge in [0, 0.05) is 11.8 Å². The Labute approximate surface area is 198 Å². The first-order valence-corrected chi connectivity index (χ1v) is 11.4. The predicted octanol–water partition coefficient (Wildman–Crippen LogP) is 7.57. The summed E-state index contributed by atoms with van der Waals surface area (Å²) in [5.41, 5.74) is 1.62. The zero-order valence-electron chi connectivity index (χ0n) is 19.7. The fourth-order valence-electron chi connectivity index (χ4n) is 3.41. The number of para-hydroxylation sites is 1. The number of esters is 1. The fraction of sp³-hybridized carbons (Fsp3) is 0.407. The molecule has 0 aliphatic heterocycles. The summed E-state index contributed by atoms with van der Waals surface area (Å²) >= 11 is 0. The normalized spacial score (nSPS) is 13.0. The van der Waals surface area contributed by atoms with Crippen molar-refractivity contribution < 1.29 is 27.4 Å². The number of carbonyl (C=O) groups is 1. The Morgan fingerprint density at radius 1 is 0.971 bits per heavy atom. The number of aromatic nitrogens is 1. The molecule has 1 aromatic heterocycles. The third-order valence-electron chi connectivity index (χ3n) is 5.31. The molecule has 0 amide bonds. The maximum absolute atomic E-state index is 12.5. The highest BCUT2D eigenvalue weighted by Crippen LogP contribution is 2.31. The maximum Gasteiger partial charge on any atom is 0.389 e. The average Bonchev–Trinajstić information content (AvgIpc) is 2.78. The Balaban J connectivity index is 1.70. The van der Waals surface area contributed by atoms with E-state index >= 15 is 0 Å². The number of alkyl halides is 3. The van der Waals surface area contributed by atoms with Crippen molar-refractivity contribution in [1.82, 2.24) is 4.98 Å². The van der Waals surface area contributed by atoms with Crippen LogP contribution in [0.25, 0.3) is 10.9 Å². The molecule has 7 heteroatoms. The van der Waals surface area contributed by atoms with Crippen molar-refractivity contribution in [2.75, 3.05) is 0 Å². The van der Waals surface area contributed by atoms with Crippen LogP contribution >= 0.6 is 0 Å². The van der Waals surface area contributed by atoms with Gasteiger partial charge in [-0.25, -0.2) is 4.98 Å². The topological polar surface area (TPSA) is 48.4 Å². The highest BCUT2D eigenvalue weighted by molar-refractivity contribution is 5.78. The highest BCUT2D eigenvalue weighted by Gasteiger charge is 2.29. The van der Waals surface area contributed by atoms with Crippen LogP contribution in [0.15, 0.2) is 60.7 Å². The quantitative estimate of drug-likeness (QED) is 0.238. The summed E-state index contributed by atoms with van der Waals surface area (Å²) in [6.07, 6.45) is -5.13. The van der Waals surface area contributed by atoms with Gasteiger partial charge in [-0.05, 0) is 69.9 Å². The Bertz CT molecular complexity index is 1110. The molecule has 0 bridgehead atoms. The number of halogens is 3. The van der Waals surface area contributed by atoms with Gasteiger partial charge in [-0.1, -0.05) is 36.4 Å². The van der Waals surface area contributed by atoms with Crippen molar-refractivity contribution in [3.63, 3.8) is 0 Å². The van der Waals surface area contributed by atoms with Crippen molar-refractivity contribution in [2.24, 2.45) is 5.41 Å². The van der Waals surface area contributed by atoms with E-state index in [9.17, 15) is 18.0 Å². The molecular formula is C27H30F3NO3. The fourth-order valence-corrected chi connectivity index (χ4v) is 3.41. The maximum atomic E-state index is 12.5. The summed E-state index contributed by atoms with van der Waals surface area (Å²) < 4.78 is 49.2. The lowest BCUT2D eigenvalue weighted by Gasteiger charge is -2.24. The average molecular weight is 474 g/mol. The van der Waals surface area contributed by atoms with Crippen LogP contribution in [0.2, 0.25) is 0 Å². The van der Waals surface area contributed by atoms with Gasteiger partial charge in [0.1, 0.15) is 18.5 Å². The molecule has 0 N–H and O–H groups in total. The molecule has 1 atom stereocenters. The Morgan fingerprint density at radius 2 is 1.74 bits per heavy atom. The molecule has 0 saturated carbocycles. The molecule has 0 fully saturated rings. The van der Waals surface area contributed by atoms with Crippen molar-refractivity contribution in [1.29, 1.82) is 0 Å². The number of hydrogen-bond acceptors (Lipinski definition) is 4. The Morgan fingerprint density at radius 3 is 2.47 bits per heavy atom. The standard InChI is InChI=1S/C27H30F3NO3/c1-26(2,3)25(32)34-24(13-6-7-16-27(28,29)30)20-10-8-11-22(17-20)33-18-21-15-14-19-9-4-5-12-23(19)31-21/h4-5,8-12,14-15,17,24H,6-7,13,16,18H2,1-3H3. The van der Waals surface area contributed by atoms with Crippen LogP contribution in [0.4, 0.5) is 13.2 Å². The van der Waals surface area contributed by atoms with Gasteiger partial charge in [-0.2, -0.15) is 13.2 Å². The first-order valence-electron chi connectivity index (χ1n) is 11.4. The molecule has 0 spiro atoms. The number of benzene rings is 2. The summed E-state index contributed by atoms with van der Waals surface area (Å²) in [7, 11) is 0. The molecule has 1 unspecified atom stereocenters. The molecular weight excluding hydrogens is 443 g/mol. The molecule has 3 rings (SSSR count). The second-order valence-corrected chi connectivity index (χ2v) is 9.36. The molecule has 182 valence electrons. The van der Waals surface area contributed by atoms with Gasteiger partial charge in [-0.15, -0.1) is 0 Å². The summed E-state index contributed by atoms with van der Waals surface area (Å²) in [6, 6.07) is 18.8. The SMILES string of the molecule is CC(C)(C)C(=O)OC(CCCCC(F)(F)F)c1cccc(OCc2ccc3ccccc3n2)c1. The number of fused-ring (bicyclic) bond motifs is 1. The van der Waals surface area contributed by atoms with E-state index < -0.39 is 30.1 Å². The molecule has 0 aliphatic rings. The number of hydrogen-bond donors (Lipinski definition) is 0. The zero-order chi connectivity index (χ0) is 24.8. The van der Waals surface area contributed by atoms with Crippen LogP contribution in [0.1, 0.15) is 63.8 Å². The lowest BCUT2D eigenvalue weighted by Crippen LogP contribution is -2.25. The predicted molar refractivity (Wildman–Crippen MR) is 125 cm³/mol. The number of ether oxygens (including phenoxy) is 2. The summed E-state index contributed by atoms with van der Waals surface area (Å²) in [5, 5.41) is 1.04. The van der Waals surface area contributed by atoms with Gasteiger partial charge in [0.05, 0.1) is 16.6 Å². The second kappa shape index (κ2) is 10.9. The summed E-state index contributed by atoms with van der Waals surface area (Å²) in [4.78, 5) is 17.1. The molecule has 0 radical (unpaired) electrons. The van der Waals surface area contributed by atoms with Gasteiger partial charge in [0.15, 0.2) is 0 Å². The van der Waals surface area contributed by atoms with Crippen molar-refractivity contribution >= 4 is 16.9 Å². The van der Waals surface area contributed by atoms with E-state index in [1.165, 1.54) is 0 Å². The number of carbonyl (C=O) groups excluding carboxylic acids is 1. The lowest BCUT2D eigenvalue weighted by atomic mass is 9.96. The minimum atomic E-state index is -4.19. The molecule has 0 saturated heterocycles. The zero-order valence-corrected chi connectivity index (χ0v) is 19.7. The lowest BCUT2D eigenvalue weighted by molar-refractivity contribution is -0.160. The van der Waals surface area contributed by atoms with E-state index in [0.29, 0.717) is 17.7 Å². The number of unbranched alkanes of at least 4 members (excludes halogenated alkanes) is 1. The second-order valence-electron chi connectivity index (χ2n) is 9.36.